The van der Waals surface area contributed by atoms with Gasteiger partial charge in [-0.2, -0.15) is 0 Å². The maximum absolute atomic E-state index is 13.4. The van der Waals surface area contributed by atoms with Crippen LogP contribution < -0.4 is 0 Å². The van der Waals surface area contributed by atoms with Crippen LogP contribution in [0.1, 0.15) is 18.9 Å². The molecule has 0 aromatic heterocycles. The quantitative estimate of drug-likeness (QED) is 0.783. The van der Waals surface area contributed by atoms with Crippen LogP contribution in [0.3, 0.4) is 0 Å². The second kappa shape index (κ2) is 2.80. The van der Waals surface area contributed by atoms with Crippen LogP contribution in [0, 0.1) is 11.7 Å². The average molecular weight is 194 g/mol. The molecule has 0 radical (unpaired) electrons. The lowest BCUT2D eigenvalue weighted by atomic mass is 9.95. The van der Waals surface area contributed by atoms with Crippen molar-refractivity contribution < 1.29 is 14.3 Å². The van der Waals surface area contributed by atoms with Gasteiger partial charge in [-0.3, -0.25) is 4.79 Å². The Balaban J connectivity index is 2.34. The maximum atomic E-state index is 13.4. The number of hydrogen-bond donors (Lipinski definition) is 1. The zero-order valence-electron chi connectivity index (χ0n) is 7.83. The fraction of sp³-hybridized carbons (Fsp3) is 0.364. The number of benzene rings is 1. The van der Waals surface area contributed by atoms with E-state index in [2.05, 4.69) is 0 Å². The molecule has 1 aromatic rings. The highest BCUT2D eigenvalue weighted by Crippen LogP contribution is 2.54. The molecule has 1 N–H and O–H groups in total. The van der Waals surface area contributed by atoms with Gasteiger partial charge >= 0.3 is 5.97 Å². The third kappa shape index (κ3) is 1.20. The minimum Gasteiger partial charge on any atom is -0.481 e. The van der Waals surface area contributed by atoms with Gasteiger partial charge in [-0.05, 0) is 18.1 Å². The molecule has 0 heterocycles. The van der Waals surface area contributed by atoms with E-state index in [-0.39, 0.29) is 5.82 Å². The van der Waals surface area contributed by atoms with Gasteiger partial charge in [-0.1, -0.05) is 25.1 Å². The lowest BCUT2D eigenvalue weighted by molar-refractivity contribution is -0.138. The van der Waals surface area contributed by atoms with Crippen LogP contribution in [-0.4, -0.2) is 11.1 Å². The molecule has 2 atom stereocenters. The number of carboxylic acids is 1. The second-order valence-electron chi connectivity index (χ2n) is 3.99. The van der Waals surface area contributed by atoms with Crippen LogP contribution in [0.2, 0.25) is 0 Å². The summed E-state index contributed by atoms with van der Waals surface area (Å²) in [5.74, 6) is -1.58. The number of carboxylic acid groups (broad SMARTS) is 1. The first-order valence-electron chi connectivity index (χ1n) is 4.53. The van der Waals surface area contributed by atoms with Crippen molar-refractivity contribution in [3.63, 3.8) is 0 Å². The predicted octanol–water partition coefficient (Wildman–Crippen LogP) is 2.19. The number of hydrogen-bond acceptors (Lipinski definition) is 1. The molecule has 0 aliphatic heterocycles. The highest BCUT2D eigenvalue weighted by atomic mass is 19.1. The van der Waals surface area contributed by atoms with Crippen LogP contribution in [0.4, 0.5) is 4.39 Å². The smallest absolute Gasteiger partial charge is 0.307 e. The van der Waals surface area contributed by atoms with Gasteiger partial charge in [0.25, 0.3) is 0 Å². The first kappa shape index (κ1) is 9.19. The summed E-state index contributed by atoms with van der Waals surface area (Å²) in [5, 5.41) is 8.82. The van der Waals surface area contributed by atoms with Crippen LogP contribution in [-0.2, 0) is 10.2 Å². The van der Waals surface area contributed by atoms with E-state index in [1.807, 2.05) is 0 Å². The highest BCUT2D eigenvalue weighted by molar-refractivity contribution is 5.77. The van der Waals surface area contributed by atoms with E-state index in [0.29, 0.717) is 12.0 Å². The normalized spacial score (nSPS) is 30.0. The van der Waals surface area contributed by atoms with Crippen molar-refractivity contribution in [2.45, 2.75) is 18.8 Å². The van der Waals surface area contributed by atoms with Crippen LogP contribution in [0.25, 0.3) is 0 Å². The van der Waals surface area contributed by atoms with Crippen molar-refractivity contribution in [1.29, 1.82) is 0 Å². The molecule has 1 aliphatic carbocycles. The molecule has 14 heavy (non-hydrogen) atoms. The van der Waals surface area contributed by atoms with Crippen molar-refractivity contribution in [2.75, 3.05) is 0 Å². The first-order chi connectivity index (χ1) is 6.55. The number of aliphatic carboxylic acids is 1. The molecular formula is C11H11FO2. The van der Waals surface area contributed by atoms with Crippen LogP contribution >= 0.6 is 0 Å². The molecule has 0 saturated heterocycles. The number of rotatable bonds is 2. The molecule has 0 amide bonds. The molecule has 1 saturated carbocycles. The molecule has 0 bridgehead atoms. The van der Waals surface area contributed by atoms with Gasteiger partial charge in [-0.25, -0.2) is 4.39 Å². The Labute approximate surface area is 81.4 Å². The van der Waals surface area contributed by atoms with Crippen molar-refractivity contribution in [1.82, 2.24) is 0 Å². The van der Waals surface area contributed by atoms with Crippen molar-refractivity contribution in [3.05, 3.63) is 35.6 Å². The van der Waals surface area contributed by atoms with Crippen molar-refractivity contribution in [3.8, 4) is 0 Å². The summed E-state index contributed by atoms with van der Waals surface area (Å²) in [6.45, 7) is 1.80. The van der Waals surface area contributed by atoms with E-state index >= 15 is 0 Å². The lowest BCUT2D eigenvalue weighted by Crippen LogP contribution is -2.12. The molecule has 3 heteroatoms. The standard InChI is InChI=1S/C11H11FO2/c1-11(6-8(11)10(13)14)7-4-2-3-5-9(7)12/h2-5,8H,6H2,1H3,(H,13,14)/t8-,11+/m1/s1. The van der Waals surface area contributed by atoms with E-state index in [0.717, 1.165) is 0 Å². The van der Waals surface area contributed by atoms with E-state index in [4.69, 9.17) is 5.11 Å². The van der Waals surface area contributed by atoms with Gasteiger partial charge in [0.05, 0.1) is 5.92 Å². The van der Waals surface area contributed by atoms with E-state index in [1.54, 1.807) is 25.1 Å². The zero-order chi connectivity index (χ0) is 10.3. The Kier molecular flexibility index (Phi) is 1.84. The molecule has 1 aromatic carbocycles. The molecule has 0 spiro atoms. The Bertz CT molecular complexity index is 389. The van der Waals surface area contributed by atoms with Crippen molar-refractivity contribution in [2.24, 2.45) is 5.92 Å². The average Bonchev–Trinajstić information content (AvgIpc) is 2.80. The van der Waals surface area contributed by atoms with E-state index < -0.39 is 17.3 Å². The predicted molar refractivity (Wildman–Crippen MR) is 49.5 cm³/mol. The fourth-order valence-corrected chi connectivity index (χ4v) is 1.95. The Morgan fingerprint density at radius 2 is 2.21 bits per heavy atom. The Hall–Kier alpha value is -1.38. The molecule has 1 aliphatic rings. The number of carbonyl (C=O) groups is 1. The monoisotopic (exact) mass is 194 g/mol. The zero-order valence-corrected chi connectivity index (χ0v) is 7.83. The molecule has 74 valence electrons. The topological polar surface area (TPSA) is 37.3 Å². The summed E-state index contributed by atoms with van der Waals surface area (Å²) in [7, 11) is 0. The second-order valence-corrected chi connectivity index (χ2v) is 3.99. The van der Waals surface area contributed by atoms with Gasteiger partial charge in [0.2, 0.25) is 0 Å². The largest absolute Gasteiger partial charge is 0.481 e. The minimum absolute atomic E-state index is 0.307. The number of halogens is 1. The summed E-state index contributed by atoms with van der Waals surface area (Å²) < 4.78 is 13.4. The molecule has 1 fully saturated rings. The molecule has 2 rings (SSSR count). The molecule has 2 nitrogen and oxygen atoms in total. The first-order valence-corrected chi connectivity index (χ1v) is 4.53. The summed E-state index contributed by atoms with van der Waals surface area (Å²) in [5.41, 5.74) is 0.0179. The highest BCUT2D eigenvalue weighted by Gasteiger charge is 2.56. The maximum Gasteiger partial charge on any atom is 0.307 e. The SMILES string of the molecule is C[C@@]1(c2ccccc2F)C[C@@H]1C(=O)O. The van der Waals surface area contributed by atoms with Crippen LogP contribution in [0.15, 0.2) is 24.3 Å². The van der Waals surface area contributed by atoms with Gasteiger partial charge in [-0.15, -0.1) is 0 Å². The third-order valence-electron chi connectivity index (χ3n) is 3.02. The van der Waals surface area contributed by atoms with Gasteiger partial charge < -0.3 is 5.11 Å². The Morgan fingerprint density at radius 3 is 2.71 bits per heavy atom. The third-order valence-corrected chi connectivity index (χ3v) is 3.02. The van der Waals surface area contributed by atoms with Crippen LogP contribution in [0.5, 0.6) is 0 Å². The fourth-order valence-electron chi connectivity index (χ4n) is 1.95. The summed E-state index contributed by atoms with van der Waals surface area (Å²) in [6.07, 6.45) is 0.531. The summed E-state index contributed by atoms with van der Waals surface area (Å²) >= 11 is 0. The van der Waals surface area contributed by atoms with Gasteiger partial charge in [0, 0.05) is 5.41 Å². The minimum atomic E-state index is -0.837. The van der Waals surface area contributed by atoms with Gasteiger partial charge in [0.1, 0.15) is 5.82 Å². The molecule has 0 unspecified atom stereocenters. The van der Waals surface area contributed by atoms with E-state index in [1.165, 1.54) is 6.07 Å². The van der Waals surface area contributed by atoms with Crippen molar-refractivity contribution >= 4 is 5.97 Å². The molecular weight excluding hydrogens is 183 g/mol. The Morgan fingerprint density at radius 1 is 1.57 bits per heavy atom. The van der Waals surface area contributed by atoms with E-state index in [9.17, 15) is 9.18 Å². The summed E-state index contributed by atoms with van der Waals surface area (Å²) in [6, 6.07) is 6.39. The van der Waals surface area contributed by atoms with Gasteiger partial charge in [0.15, 0.2) is 0 Å². The lowest BCUT2D eigenvalue weighted by Gasteiger charge is -2.10. The summed E-state index contributed by atoms with van der Waals surface area (Å²) in [4.78, 5) is 10.7.